The van der Waals surface area contributed by atoms with Crippen LogP contribution in [-0.4, -0.2) is 53.6 Å². The van der Waals surface area contributed by atoms with Crippen molar-refractivity contribution in [1.82, 2.24) is 0 Å². The molecule has 0 spiro atoms. The zero-order valence-corrected chi connectivity index (χ0v) is 21.7. The summed E-state index contributed by atoms with van der Waals surface area (Å²) < 4.78 is 22.8. The summed E-state index contributed by atoms with van der Waals surface area (Å²) in [6.07, 6.45) is -1.76. The van der Waals surface area contributed by atoms with Gasteiger partial charge in [-0.05, 0) is 24.6 Å². The standard InChI is InChI=1S/C29H26O10/c1-10(30)5-12-18-19-13(6-11(2)31)29(37-4)27(35)21-15(33)8-17-23(25(19)21)22-16(38-9-39-17)7-14(32)20(24(18)22)26(34)28(12)36-3/h7-8,10-11,30-31,34-35H,5-6,9H2,1-4H3/t10-,11?/m1/s1. The lowest BCUT2D eigenvalue weighted by atomic mass is 9.82. The monoisotopic (exact) mass is 534 g/mol. The Morgan fingerprint density at radius 3 is 1.41 bits per heavy atom. The van der Waals surface area contributed by atoms with Crippen molar-refractivity contribution in [1.29, 1.82) is 0 Å². The quantitative estimate of drug-likeness (QED) is 0.189. The molecule has 0 aliphatic carbocycles. The molecular formula is C29H26O10. The molecule has 1 unspecified atom stereocenters. The van der Waals surface area contributed by atoms with Gasteiger partial charge in [0.25, 0.3) is 0 Å². The van der Waals surface area contributed by atoms with Crippen LogP contribution < -0.4 is 29.8 Å². The van der Waals surface area contributed by atoms with E-state index in [0.29, 0.717) is 43.4 Å². The van der Waals surface area contributed by atoms with Crippen molar-refractivity contribution in [3.05, 3.63) is 43.7 Å². The van der Waals surface area contributed by atoms with Crippen LogP contribution in [0, 0.1) is 0 Å². The topological polar surface area (TPSA) is 152 Å². The first kappa shape index (κ1) is 25.0. The van der Waals surface area contributed by atoms with Crippen LogP contribution in [0.4, 0.5) is 0 Å². The lowest BCUT2D eigenvalue weighted by molar-refractivity contribution is 0.125. The van der Waals surface area contributed by atoms with E-state index in [2.05, 4.69) is 0 Å². The second kappa shape index (κ2) is 8.62. The highest BCUT2D eigenvalue weighted by Crippen LogP contribution is 2.55. The molecule has 2 atom stereocenters. The second-order valence-corrected chi connectivity index (χ2v) is 9.98. The number of hydrogen-bond acceptors (Lipinski definition) is 10. The number of benzene rings is 5. The molecule has 1 aliphatic rings. The molecule has 0 saturated carbocycles. The van der Waals surface area contributed by atoms with E-state index in [0.717, 1.165) is 0 Å². The van der Waals surface area contributed by atoms with Crippen molar-refractivity contribution in [2.75, 3.05) is 21.0 Å². The molecule has 0 fully saturated rings. The van der Waals surface area contributed by atoms with Gasteiger partial charge in [-0.1, -0.05) is 0 Å². The van der Waals surface area contributed by atoms with Gasteiger partial charge in [-0.3, -0.25) is 9.59 Å². The second-order valence-electron chi connectivity index (χ2n) is 9.98. The molecule has 0 aromatic heterocycles. The number of aliphatic hydroxyl groups excluding tert-OH is 2. The van der Waals surface area contributed by atoms with Crippen LogP contribution in [0.5, 0.6) is 34.5 Å². The van der Waals surface area contributed by atoms with E-state index in [1.807, 2.05) is 0 Å². The first-order chi connectivity index (χ1) is 18.6. The van der Waals surface area contributed by atoms with Gasteiger partial charge < -0.3 is 39.4 Å². The number of phenols is 2. The SMILES string of the molecule is COc1c(O)c2c(=O)cc3c4c5c(cc(=O)c6c(O)c(OC)c(C[C@@H](C)O)c(c(c1CC(C)O)c24)c65)OCO3. The van der Waals surface area contributed by atoms with Crippen LogP contribution in [0.15, 0.2) is 21.7 Å². The summed E-state index contributed by atoms with van der Waals surface area (Å²) in [6.45, 7) is 2.86. The lowest BCUT2D eigenvalue weighted by Crippen LogP contribution is -2.13. The summed E-state index contributed by atoms with van der Waals surface area (Å²) in [5.41, 5.74) is -0.314. The maximum absolute atomic E-state index is 13.5. The highest BCUT2D eigenvalue weighted by Gasteiger charge is 2.33. The largest absolute Gasteiger partial charge is 0.504 e. The van der Waals surface area contributed by atoms with Gasteiger partial charge in [0.1, 0.15) is 11.5 Å². The fraction of sp³-hybridized carbons (Fsp3) is 0.310. The van der Waals surface area contributed by atoms with Crippen LogP contribution in [0.1, 0.15) is 25.0 Å². The Morgan fingerprint density at radius 1 is 0.692 bits per heavy atom. The number of rotatable bonds is 6. The molecule has 5 aromatic rings. The highest BCUT2D eigenvalue weighted by atomic mass is 16.7. The minimum atomic E-state index is -0.891. The predicted octanol–water partition coefficient (Wildman–Crippen LogP) is 2.90. The molecule has 1 heterocycles. The molecular weight excluding hydrogens is 508 g/mol. The van der Waals surface area contributed by atoms with Gasteiger partial charge in [0.2, 0.25) is 6.79 Å². The van der Waals surface area contributed by atoms with Crippen molar-refractivity contribution < 1.29 is 39.4 Å². The number of aliphatic hydroxyl groups is 2. The Labute approximate surface area is 220 Å². The van der Waals surface area contributed by atoms with E-state index >= 15 is 0 Å². The first-order valence-corrected chi connectivity index (χ1v) is 12.4. The van der Waals surface area contributed by atoms with Crippen molar-refractivity contribution in [2.45, 2.75) is 38.9 Å². The van der Waals surface area contributed by atoms with Crippen LogP contribution in [0.3, 0.4) is 0 Å². The molecule has 10 nitrogen and oxygen atoms in total. The van der Waals surface area contributed by atoms with Gasteiger partial charge in [-0.2, -0.15) is 0 Å². The van der Waals surface area contributed by atoms with E-state index in [1.54, 1.807) is 13.8 Å². The third-order valence-corrected chi connectivity index (χ3v) is 7.40. The van der Waals surface area contributed by atoms with Crippen LogP contribution in [0.2, 0.25) is 0 Å². The maximum Gasteiger partial charge on any atom is 0.230 e. The molecule has 10 heteroatoms. The molecule has 4 N–H and O–H groups in total. The van der Waals surface area contributed by atoms with Crippen molar-refractivity contribution >= 4 is 43.1 Å². The lowest BCUT2D eigenvalue weighted by Gasteiger charge is -2.25. The van der Waals surface area contributed by atoms with E-state index in [1.165, 1.54) is 26.4 Å². The van der Waals surface area contributed by atoms with Gasteiger partial charge in [0.15, 0.2) is 33.9 Å². The number of methoxy groups -OCH3 is 2. The summed E-state index contributed by atoms with van der Waals surface area (Å²) in [5, 5.41) is 45.9. The molecule has 0 saturated heterocycles. The highest BCUT2D eigenvalue weighted by molar-refractivity contribution is 6.38. The molecule has 39 heavy (non-hydrogen) atoms. The number of fused-ring (bicyclic) bond motifs is 1. The predicted molar refractivity (Wildman–Crippen MR) is 145 cm³/mol. The van der Waals surface area contributed by atoms with Gasteiger partial charge in [-0.15, -0.1) is 0 Å². The Bertz CT molecular complexity index is 1790. The average molecular weight is 535 g/mol. The summed E-state index contributed by atoms with van der Waals surface area (Å²) in [7, 11) is 2.69. The fourth-order valence-corrected chi connectivity index (χ4v) is 6.13. The van der Waals surface area contributed by atoms with Crippen LogP contribution in [0.25, 0.3) is 43.1 Å². The zero-order chi connectivity index (χ0) is 27.9. The van der Waals surface area contributed by atoms with Gasteiger partial charge >= 0.3 is 0 Å². The fourth-order valence-electron chi connectivity index (χ4n) is 6.13. The number of phenolic OH excluding ortho intramolecular Hbond substituents is 2. The zero-order valence-electron chi connectivity index (χ0n) is 21.7. The molecule has 1 aliphatic heterocycles. The minimum Gasteiger partial charge on any atom is -0.504 e. The Morgan fingerprint density at radius 2 is 1.08 bits per heavy atom. The third-order valence-electron chi connectivity index (χ3n) is 7.40. The minimum absolute atomic E-state index is 0.00798. The van der Waals surface area contributed by atoms with Gasteiger partial charge in [0, 0.05) is 57.6 Å². The van der Waals surface area contributed by atoms with Crippen molar-refractivity contribution in [3.63, 3.8) is 0 Å². The van der Waals surface area contributed by atoms with Crippen molar-refractivity contribution in [3.8, 4) is 34.5 Å². The van der Waals surface area contributed by atoms with Crippen LogP contribution in [-0.2, 0) is 12.8 Å². The van der Waals surface area contributed by atoms with Crippen LogP contribution >= 0.6 is 0 Å². The molecule has 6 rings (SSSR count). The summed E-state index contributed by atoms with van der Waals surface area (Å²) in [4.78, 5) is 26.9. The molecule has 0 radical (unpaired) electrons. The number of ether oxygens (including phenoxy) is 4. The van der Waals surface area contributed by atoms with Gasteiger partial charge in [0.05, 0.1) is 37.2 Å². The van der Waals surface area contributed by atoms with E-state index in [-0.39, 0.29) is 53.4 Å². The third kappa shape index (κ3) is 3.28. The summed E-state index contributed by atoms with van der Waals surface area (Å²) in [5.74, 6) is -0.447. The summed E-state index contributed by atoms with van der Waals surface area (Å²) in [6, 6.07) is 2.49. The molecule has 5 aromatic carbocycles. The van der Waals surface area contributed by atoms with E-state index < -0.39 is 34.6 Å². The number of aromatic hydroxyl groups is 2. The average Bonchev–Trinajstić information content (AvgIpc) is 3.03. The normalized spacial score (nSPS) is 14.6. The molecule has 202 valence electrons. The Kier molecular flexibility index (Phi) is 5.53. The smallest absolute Gasteiger partial charge is 0.230 e. The van der Waals surface area contributed by atoms with E-state index in [4.69, 9.17) is 18.9 Å². The molecule has 0 amide bonds. The van der Waals surface area contributed by atoms with Crippen molar-refractivity contribution in [2.24, 2.45) is 0 Å². The summed E-state index contributed by atoms with van der Waals surface area (Å²) >= 11 is 0. The number of hydrogen-bond donors (Lipinski definition) is 4. The van der Waals surface area contributed by atoms with E-state index in [9.17, 15) is 30.0 Å². The maximum atomic E-state index is 13.5. The van der Waals surface area contributed by atoms with Gasteiger partial charge in [-0.25, -0.2) is 0 Å². The Balaban J connectivity index is 2.13. The first-order valence-electron chi connectivity index (χ1n) is 12.4. The Hall–Kier alpha value is -4.28. The molecule has 0 bridgehead atoms.